The Morgan fingerprint density at radius 1 is 1.44 bits per heavy atom. The molecule has 1 aromatic rings. The van der Waals surface area contributed by atoms with Crippen LogP contribution in [0.15, 0.2) is 16.9 Å². The third kappa shape index (κ3) is 4.33. The van der Waals surface area contributed by atoms with Crippen molar-refractivity contribution in [3.63, 3.8) is 0 Å². The minimum atomic E-state index is -0.283. The van der Waals surface area contributed by atoms with Crippen molar-refractivity contribution >= 4 is 5.91 Å². The number of aromatic amines is 1. The topological polar surface area (TPSA) is 82.2 Å². The van der Waals surface area contributed by atoms with Crippen LogP contribution in [-0.4, -0.2) is 29.1 Å². The van der Waals surface area contributed by atoms with Gasteiger partial charge in [0.1, 0.15) is 0 Å². The van der Waals surface area contributed by atoms with Crippen LogP contribution < -0.4 is 10.9 Å². The van der Waals surface area contributed by atoms with Crippen molar-refractivity contribution in [2.24, 2.45) is 5.41 Å². The van der Waals surface area contributed by atoms with E-state index in [0.717, 1.165) is 0 Å². The van der Waals surface area contributed by atoms with Gasteiger partial charge in [0.2, 0.25) is 5.56 Å². The van der Waals surface area contributed by atoms with E-state index in [4.69, 9.17) is 5.11 Å². The van der Waals surface area contributed by atoms with Crippen molar-refractivity contribution in [2.45, 2.75) is 27.2 Å². The minimum Gasteiger partial charge on any atom is -0.396 e. The molecule has 0 aromatic carbocycles. The van der Waals surface area contributed by atoms with E-state index in [-0.39, 0.29) is 23.5 Å². The summed E-state index contributed by atoms with van der Waals surface area (Å²) < 4.78 is 0. The summed E-state index contributed by atoms with van der Waals surface area (Å²) in [7, 11) is 0. The largest absolute Gasteiger partial charge is 0.396 e. The maximum atomic E-state index is 11.9. The SMILES string of the molecule is Cc1cc(C(=O)NCC(C)(C)CCO)cc(=O)[nH]1. The number of H-pyrrole nitrogens is 1. The Labute approximate surface area is 106 Å². The third-order valence-electron chi connectivity index (χ3n) is 2.76. The highest BCUT2D eigenvalue weighted by Crippen LogP contribution is 2.18. The maximum Gasteiger partial charge on any atom is 0.251 e. The van der Waals surface area contributed by atoms with Crippen molar-refractivity contribution in [1.29, 1.82) is 0 Å². The quantitative estimate of drug-likeness (QED) is 0.725. The normalized spacial score (nSPS) is 11.3. The monoisotopic (exact) mass is 252 g/mol. The number of aliphatic hydroxyl groups excluding tert-OH is 1. The number of carbonyl (C=O) groups excluding carboxylic acids is 1. The lowest BCUT2D eigenvalue weighted by atomic mass is 9.89. The maximum absolute atomic E-state index is 11.9. The number of aliphatic hydroxyl groups is 1. The summed E-state index contributed by atoms with van der Waals surface area (Å²) in [6, 6.07) is 2.91. The smallest absolute Gasteiger partial charge is 0.251 e. The molecule has 1 amide bonds. The van der Waals surface area contributed by atoms with E-state index >= 15 is 0 Å². The molecule has 0 aliphatic heterocycles. The summed E-state index contributed by atoms with van der Waals surface area (Å²) >= 11 is 0. The van der Waals surface area contributed by atoms with Gasteiger partial charge >= 0.3 is 0 Å². The first-order valence-electron chi connectivity index (χ1n) is 5.94. The van der Waals surface area contributed by atoms with Crippen LogP contribution in [0.3, 0.4) is 0 Å². The van der Waals surface area contributed by atoms with E-state index in [9.17, 15) is 9.59 Å². The van der Waals surface area contributed by atoms with E-state index in [1.807, 2.05) is 13.8 Å². The molecule has 0 aliphatic carbocycles. The van der Waals surface area contributed by atoms with Gasteiger partial charge in [-0.25, -0.2) is 0 Å². The summed E-state index contributed by atoms with van der Waals surface area (Å²) in [6.45, 7) is 6.21. The highest BCUT2D eigenvalue weighted by atomic mass is 16.3. The van der Waals surface area contributed by atoms with Crippen LogP contribution in [0, 0.1) is 12.3 Å². The Morgan fingerprint density at radius 2 is 2.11 bits per heavy atom. The molecule has 5 nitrogen and oxygen atoms in total. The van der Waals surface area contributed by atoms with E-state index in [1.54, 1.807) is 13.0 Å². The van der Waals surface area contributed by atoms with Gasteiger partial charge in [-0.15, -0.1) is 0 Å². The van der Waals surface area contributed by atoms with Crippen molar-refractivity contribution in [2.75, 3.05) is 13.2 Å². The zero-order valence-electron chi connectivity index (χ0n) is 11.0. The molecule has 0 radical (unpaired) electrons. The van der Waals surface area contributed by atoms with Crippen LogP contribution in [0.5, 0.6) is 0 Å². The fraction of sp³-hybridized carbons (Fsp3) is 0.538. The van der Waals surface area contributed by atoms with Gasteiger partial charge in [-0.3, -0.25) is 9.59 Å². The Bertz CT molecular complexity index is 477. The third-order valence-corrected chi connectivity index (χ3v) is 2.76. The summed E-state index contributed by atoms with van der Waals surface area (Å²) in [4.78, 5) is 25.7. The number of aromatic nitrogens is 1. The highest BCUT2D eigenvalue weighted by Gasteiger charge is 2.18. The number of hydrogen-bond acceptors (Lipinski definition) is 3. The Hall–Kier alpha value is -1.62. The van der Waals surface area contributed by atoms with Crippen LogP contribution in [0.25, 0.3) is 0 Å². The van der Waals surface area contributed by atoms with Gasteiger partial charge in [-0.05, 0) is 24.8 Å². The number of amides is 1. The molecule has 3 N–H and O–H groups in total. The second-order valence-electron chi connectivity index (χ2n) is 5.24. The number of hydrogen-bond donors (Lipinski definition) is 3. The molecule has 100 valence electrons. The first kappa shape index (κ1) is 14.4. The number of rotatable bonds is 5. The molecule has 18 heavy (non-hydrogen) atoms. The van der Waals surface area contributed by atoms with Crippen molar-refractivity contribution in [3.8, 4) is 0 Å². The van der Waals surface area contributed by atoms with Gasteiger partial charge in [0.05, 0.1) is 0 Å². The minimum absolute atomic E-state index is 0.0903. The van der Waals surface area contributed by atoms with Crippen LogP contribution in [-0.2, 0) is 0 Å². The molecule has 0 saturated carbocycles. The summed E-state index contributed by atoms with van der Waals surface area (Å²) in [5.74, 6) is -0.268. The van der Waals surface area contributed by atoms with Crippen molar-refractivity contribution in [3.05, 3.63) is 33.7 Å². The fourth-order valence-corrected chi connectivity index (χ4v) is 1.63. The van der Waals surface area contributed by atoms with Gasteiger partial charge in [0, 0.05) is 30.5 Å². The second kappa shape index (κ2) is 5.82. The molecule has 0 atom stereocenters. The molecule has 5 heteroatoms. The first-order valence-corrected chi connectivity index (χ1v) is 5.94. The van der Waals surface area contributed by atoms with E-state index in [0.29, 0.717) is 24.2 Å². The fourth-order valence-electron chi connectivity index (χ4n) is 1.63. The second-order valence-corrected chi connectivity index (χ2v) is 5.24. The first-order chi connectivity index (χ1) is 8.34. The summed E-state index contributed by atoms with van der Waals surface area (Å²) in [5, 5.41) is 11.7. The van der Waals surface area contributed by atoms with Crippen LogP contribution in [0.4, 0.5) is 0 Å². The standard InChI is InChI=1S/C13H20N2O3/c1-9-6-10(7-11(17)15-9)12(18)14-8-13(2,3)4-5-16/h6-7,16H,4-5,8H2,1-3H3,(H,14,18)(H,15,17). The summed E-state index contributed by atoms with van der Waals surface area (Å²) in [6.07, 6.45) is 0.613. The average molecular weight is 252 g/mol. The Kier molecular flexibility index (Phi) is 4.67. The molecule has 0 fully saturated rings. The van der Waals surface area contributed by atoms with E-state index in [2.05, 4.69) is 10.3 Å². The molecular weight excluding hydrogens is 232 g/mol. The molecule has 0 saturated heterocycles. The molecular formula is C13H20N2O3. The molecule has 0 aliphatic rings. The molecule has 0 bridgehead atoms. The van der Waals surface area contributed by atoms with Gasteiger partial charge in [0.15, 0.2) is 0 Å². The predicted molar refractivity (Wildman–Crippen MR) is 69.6 cm³/mol. The van der Waals surface area contributed by atoms with E-state index < -0.39 is 0 Å². The average Bonchev–Trinajstić information content (AvgIpc) is 2.24. The molecule has 1 heterocycles. The number of carbonyl (C=O) groups is 1. The molecule has 0 unspecified atom stereocenters. The number of pyridine rings is 1. The highest BCUT2D eigenvalue weighted by molar-refractivity contribution is 5.94. The molecule has 1 rings (SSSR count). The molecule has 1 aromatic heterocycles. The number of nitrogens with one attached hydrogen (secondary N) is 2. The Morgan fingerprint density at radius 3 is 2.67 bits per heavy atom. The zero-order valence-corrected chi connectivity index (χ0v) is 11.0. The summed E-state index contributed by atoms with van der Waals surface area (Å²) in [5.41, 5.74) is 0.564. The van der Waals surface area contributed by atoms with Gasteiger partial charge in [0.25, 0.3) is 5.91 Å². The van der Waals surface area contributed by atoms with Gasteiger partial charge in [-0.1, -0.05) is 13.8 Å². The van der Waals surface area contributed by atoms with E-state index in [1.165, 1.54) is 6.07 Å². The molecule has 0 spiro atoms. The van der Waals surface area contributed by atoms with Crippen LogP contribution in [0.1, 0.15) is 36.3 Å². The lowest BCUT2D eigenvalue weighted by Crippen LogP contribution is -2.35. The lowest BCUT2D eigenvalue weighted by Gasteiger charge is -2.23. The van der Waals surface area contributed by atoms with Gasteiger partial charge in [-0.2, -0.15) is 0 Å². The van der Waals surface area contributed by atoms with Gasteiger partial charge < -0.3 is 15.4 Å². The predicted octanol–water partition coefficient (Wildman–Crippen LogP) is 0.822. The van der Waals surface area contributed by atoms with Crippen molar-refractivity contribution in [1.82, 2.24) is 10.3 Å². The zero-order chi connectivity index (χ0) is 13.8. The van der Waals surface area contributed by atoms with Crippen molar-refractivity contribution < 1.29 is 9.90 Å². The lowest BCUT2D eigenvalue weighted by molar-refractivity contribution is 0.0928. The van der Waals surface area contributed by atoms with Crippen LogP contribution in [0.2, 0.25) is 0 Å². The number of aryl methyl sites for hydroxylation is 1. The Balaban J connectivity index is 2.69. The van der Waals surface area contributed by atoms with Crippen LogP contribution >= 0.6 is 0 Å².